The highest BCUT2D eigenvalue weighted by Gasteiger charge is 2.27. The van der Waals surface area contributed by atoms with Crippen molar-refractivity contribution in [1.82, 2.24) is 14.9 Å². The van der Waals surface area contributed by atoms with E-state index in [1.165, 1.54) is 11.8 Å². The van der Waals surface area contributed by atoms with Gasteiger partial charge in [0.05, 0.1) is 29.0 Å². The van der Waals surface area contributed by atoms with E-state index in [9.17, 15) is 9.59 Å². The van der Waals surface area contributed by atoms with Crippen LogP contribution in [-0.2, 0) is 4.79 Å². The first kappa shape index (κ1) is 18.6. The zero-order valence-electron chi connectivity index (χ0n) is 15.7. The number of carbonyl (C=O) groups excluding carboxylic acids is 1. The number of thioether (sulfide) groups is 1. The summed E-state index contributed by atoms with van der Waals surface area (Å²) in [6.45, 7) is 1.84. The summed E-state index contributed by atoms with van der Waals surface area (Å²) >= 11 is 1.29. The fourth-order valence-corrected chi connectivity index (χ4v) is 3.84. The number of para-hydroxylation sites is 1. The van der Waals surface area contributed by atoms with Crippen molar-refractivity contribution in [2.24, 2.45) is 0 Å². The van der Waals surface area contributed by atoms with Gasteiger partial charge in [-0.1, -0.05) is 23.9 Å². The van der Waals surface area contributed by atoms with Crippen LogP contribution in [0.5, 0.6) is 5.75 Å². The molecule has 0 unspecified atom stereocenters. The number of methoxy groups -OCH3 is 1. The number of benzene rings is 2. The summed E-state index contributed by atoms with van der Waals surface area (Å²) in [6, 6.07) is 14.8. The lowest BCUT2D eigenvalue weighted by atomic mass is 10.2. The highest BCUT2D eigenvalue weighted by Crippen LogP contribution is 2.27. The molecule has 28 heavy (non-hydrogen) atoms. The van der Waals surface area contributed by atoms with Crippen LogP contribution in [0.15, 0.2) is 58.5 Å². The first-order chi connectivity index (χ1) is 13.6. The number of rotatable bonds is 6. The van der Waals surface area contributed by atoms with Crippen LogP contribution in [0.2, 0.25) is 0 Å². The molecule has 1 aliphatic rings. The number of hydrogen-bond acceptors (Lipinski definition) is 5. The van der Waals surface area contributed by atoms with Gasteiger partial charge in [0.15, 0.2) is 5.16 Å². The summed E-state index contributed by atoms with van der Waals surface area (Å²) in [7, 11) is 1.60. The van der Waals surface area contributed by atoms with Gasteiger partial charge in [0, 0.05) is 6.04 Å². The van der Waals surface area contributed by atoms with Gasteiger partial charge in [-0.15, -0.1) is 0 Å². The van der Waals surface area contributed by atoms with Crippen molar-refractivity contribution in [1.29, 1.82) is 0 Å². The molecule has 0 radical (unpaired) electrons. The monoisotopic (exact) mass is 395 g/mol. The molecule has 1 aromatic heterocycles. The van der Waals surface area contributed by atoms with Crippen LogP contribution in [0.4, 0.5) is 0 Å². The molecule has 1 saturated carbocycles. The summed E-state index contributed by atoms with van der Waals surface area (Å²) in [5.74, 6) is 0.674. The molecule has 0 aliphatic heterocycles. The average molecular weight is 395 g/mol. The van der Waals surface area contributed by atoms with Gasteiger partial charge >= 0.3 is 0 Å². The van der Waals surface area contributed by atoms with Crippen molar-refractivity contribution in [2.75, 3.05) is 7.11 Å². The third-order valence-corrected chi connectivity index (χ3v) is 5.70. The molecule has 0 spiro atoms. The molecule has 1 fully saturated rings. The Labute approximate surface area is 166 Å². The third-order valence-electron chi connectivity index (χ3n) is 4.65. The number of carbonyl (C=O) groups is 1. The van der Waals surface area contributed by atoms with Gasteiger partial charge in [-0.25, -0.2) is 4.98 Å². The predicted molar refractivity (Wildman–Crippen MR) is 110 cm³/mol. The highest BCUT2D eigenvalue weighted by molar-refractivity contribution is 8.00. The molecule has 0 saturated heterocycles. The summed E-state index contributed by atoms with van der Waals surface area (Å²) in [5, 5.41) is 3.68. The number of hydrogen-bond donors (Lipinski definition) is 1. The molecule has 6 nitrogen and oxygen atoms in total. The van der Waals surface area contributed by atoms with Crippen molar-refractivity contribution < 1.29 is 9.53 Å². The zero-order chi connectivity index (χ0) is 19.7. The maximum atomic E-state index is 13.2. The number of nitrogens with zero attached hydrogens (tertiary/aromatic N) is 2. The quantitative estimate of drug-likeness (QED) is 0.513. The summed E-state index contributed by atoms with van der Waals surface area (Å²) < 4.78 is 6.78. The first-order valence-electron chi connectivity index (χ1n) is 9.20. The average Bonchev–Trinajstić information content (AvgIpc) is 3.52. The fraction of sp³-hybridized carbons (Fsp3) is 0.286. The SMILES string of the molecule is COc1ccc(-n2c(S[C@H](C)C(=O)NC3CC3)nc3ccccc3c2=O)cc1. The minimum atomic E-state index is -0.363. The maximum absolute atomic E-state index is 13.2. The number of amides is 1. The summed E-state index contributed by atoms with van der Waals surface area (Å²) in [5.41, 5.74) is 1.14. The molecular formula is C21H21N3O3S. The Morgan fingerprint density at radius 1 is 1.21 bits per heavy atom. The Bertz CT molecular complexity index is 1070. The Morgan fingerprint density at radius 2 is 1.93 bits per heavy atom. The molecule has 0 bridgehead atoms. The minimum absolute atomic E-state index is 0.0313. The lowest BCUT2D eigenvalue weighted by Crippen LogP contribution is -2.33. The standard InChI is InChI=1S/C21H21N3O3S/c1-13(19(25)22-14-7-8-14)28-21-23-18-6-4-3-5-17(18)20(26)24(21)15-9-11-16(27-2)12-10-15/h3-6,9-14H,7-8H2,1-2H3,(H,22,25)/t13-/m1/s1. The van der Waals surface area contributed by atoms with E-state index in [4.69, 9.17) is 4.74 Å². The lowest BCUT2D eigenvalue weighted by Gasteiger charge is -2.16. The number of ether oxygens (including phenoxy) is 1. The van der Waals surface area contributed by atoms with Gasteiger partial charge in [-0.05, 0) is 56.2 Å². The van der Waals surface area contributed by atoms with Crippen molar-refractivity contribution in [2.45, 2.75) is 36.2 Å². The Balaban J connectivity index is 1.78. The highest BCUT2D eigenvalue weighted by atomic mass is 32.2. The zero-order valence-corrected chi connectivity index (χ0v) is 16.5. The Hall–Kier alpha value is -2.80. The molecule has 7 heteroatoms. The van der Waals surface area contributed by atoms with Crippen LogP contribution in [-0.4, -0.2) is 33.9 Å². The smallest absolute Gasteiger partial charge is 0.266 e. The van der Waals surface area contributed by atoms with Gasteiger partial charge in [0.1, 0.15) is 5.75 Å². The topological polar surface area (TPSA) is 73.2 Å². The van der Waals surface area contributed by atoms with E-state index in [2.05, 4.69) is 10.3 Å². The molecule has 1 N–H and O–H groups in total. The van der Waals surface area contributed by atoms with Crippen LogP contribution < -0.4 is 15.6 Å². The number of fused-ring (bicyclic) bond motifs is 1. The molecule has 2 aromatic carbocycles. The molecule has 1 heterocycles. The normalized spacial score (nSPS) is 14.6. The van der Waals surface area contributed by atoms with E-state index >= 15 is 0 Å². The van der Waals surface area contributed by atoms with Gasteiger partial charge < -0.3 is 10.1 Å². The van der Waals surface area contributed by atoms with Crippen LogP contribution in [0.25, 0.3) is 16.6 Å². The molecule has 1 atom stereocenters. The number of aromatic nitrogens is 2. The van der Waals surface area contributed by atoms with Crippen LogP contribution in [0.1, 0.15) is 19.8 Å². The second-order valence-electron chi connectivity index (χ2n) is 6.79. The molecule has 3 aromatic rings. The van der Waals surface area contributed by atoms with Crippen molar-refractivity contribution in [3.63, 3.8) is 0 Å². The lowest BCUT2D eigenvalue weighted by molar-refractivity contribution is -0.120. The second-order valence-corrected chi connectivity index (χ2v) is 8.10. The van der Waals surface area contributed by atoms with Gasteiger partial charge in [-0.3, -0.25) is 14.2 Å². The van der Waals surface area contributed by atoms with E-state index < -0.39 is 0 Å². The first-order valence-corrected chi connectivity index (χ1v) is 10.1. The van der Waals surface area contributed by atoms with Crippen LogP contribution in [0.3, 0.4) is 0 Å². The van der Waals surface area contributed by atoms with Gasteiger partial charge in [0.2, 0.25) is 5.91 Å². The Morgan fingerprint density at radius 3 is 2.61 bits per heavy atom. The second kappa shape index (κ2) is 7.67. The van der Waals surface area contributed by atoms with E-state index in [0.717, 1.165) is 12.8 Å². The van der Waals surface area contributed by atoms with Gasteiger partial charge in [0.25, 0.3) is 5.56 Å². The predicted octanol–water partition coefficient (Wildman–Crippen LogP) is 3.15. The van der Waals surface area contributed by atoms with E-state index in [-0.39, 0.29) is 16.7 Å². The van der Waals surface area contributed by atoms with E-state index in [1.54, 1.807) is 29.9 Å². The van der Waals surface area contributed by atoms with Crippen LogP contribution in [0, 0.1) is 0 Å². The van der Waals surface area contributed by atoms with Gasteiger partial charge in [-0.2, -0.15) is 0 Å². The van der Waals surface area contributed by atoms with Crippen molar-refractivity contribution >= 4 is 28.6 Å². The number of nitrogens with one attached hydrogen (secondary N) is 1. The van der Waals surface area contributed by atoms with Crippen molar-refractivity contribution in [3.05, 3.63) is 58.9 Å². The summed E-state index contributed by atoms with van der Waals surface area (Å²) in [6.07, 6.45) is 2.07. The fourth-order valence-electron chi connectivity index (χ4n) is 2.91. The summed E-state index contributed by atoms with van der Waals surface area (Å²) in [4.78, 5) is 30.3. The molecule has 1 aliphatic carbocycles. The largest absolute Gasteiger partial charge is 0.497 e. The minimum Gasteiger partial charge on any atom is -0.497 e. The van der Waals surface area contributed by atoms with E-state index in [0.29, 0.717) is 33.5 Å². The molecule has 144 valence electrons. The molecule has 4 rings (SSSR count). The van der Waals surface area contributed by atoms with Crippen molar-refractivity contribution in [3.8, 4) is 11.4 Å². The Kier molecular flexibility index (Phi) is 5.09. The molecule has 1 amide bonds. The van der Waals surface area contributed by atoms with Crippen LogP contribution >= 0.6 is 11.8 Å². The van der Waals surface area contributed by atoms with E-state index in [1.807, 2.05) is 37.3 Å². The third kappa shape index (κ3) is 3.75. The molecular weight excluding hydrogens is 374 g/mol. The maximum Gasteiger partial charge on any atom is 0.266 e.